The van der Waals surface area contributed by atoms with E-state index in [1.165, 1.54) is 0 Å². The van der Waals surface area contributed by atoms with E-state index in [4.69, 9.17) is 20.4 Å². The maximum absolute atomic E-state index is 10.1. The van der Waals surface area contributed by atoms with E-state index in [1.54, 1.807) is 0 Å². The SMILES string of the molecule is CC(O)(C(=O)O)C(O)C(=O)O. The van der Waals surface area contributed by atoms with Gasteiger partial charge in [-0.1, -0.05) is 0 Å². The van der Waals surface area contributed by atoms with Crippen LogP contribution in [0.5, 0.6) is 0 Å². The first-order valence-corrected chi connectivity index (χ1v) is 2.66. The van der Waals surface area contributed by atoms with Gasteiger partial charge >= 0.3 is 11.9 Å². The number of carboxylic acids is 2. The summed E-state index contributed by atoms with van der Waals surface area (Å²) in [4.78, 5) is 20.1. The van der Waals surface area contributed by atoms with Crippen LogP contribution in [0.4, 0.5) is 0 Å². The normalized spacial score (nSPS) is 18.5. The van der Waals surface area contributed by atoms with Crippen LogP contribution < -0.4 is 0 Å². The zero-order valence-electron chi connectivity index (χ0n) is 5.68. The molecule has 0 fully saturated rings. The lowest BCUT2D eigenvalue weighted by Crippen LogP contribution is -2.50. The molecule has 6 heteroatoms. The van der Waals surface area contributed by atoms with Crippen LogP contribution in [-0.2, 0) is 9.59 Å². The maximum atomic E-state index is 10.1. The molecule has 0 heterocycles. The van der Waals surface area contributed by atoms with Crippen molar-refractivity contribution in [1.29, 1.82) is 0 Å². The first kappa shape index (κ1) is 9.86. The standard InChI is InChI=1S/C5H8O6/c1-5(11,4(9)10)2(6)3(7)8/h2,6,11H,1H3,(H,7,8)(H,9,10). The van der Waals surface area contributed by atoms with Gasteiger partial charge in [0.05, 0.1) is 0 Å². The molecule has 0 saturated heterocycles. The number of rotatable bonds is 3. The van der Waals surface area contributed by atoms with E-state index in [0.29, 0.717) is 6.92 Å². The summed E-state index contributed by atoms with van der Waals surface area (Å²) in [6.45, 7) is 0.703. The molecule has 0 aromatic carbocycles. The molecule has 6 nitrogen and oxygen atoms in total. The molecule has 0 aromatic heterocycles. The van der Waals surface area contributed by atoms with E-state index < -0.39 is 23.6 Å². The van der Waals surface area contributed by atoms with Crippen molar-refractivity contribution < 1.29 is 30.0 Å². The van der Waals surface area contributed by atoms with Crippen LogP contribution in [0.25, 0.3) is 0 Å². The highest BCUT2D eigenvalue weighted by Gasteiger charge is 2.43. The van der Waals surface area contributed by atoms with Gasteiger partial charge in [-0.2, -0.15) is 0 Å². The summed E-state index contributed by atoms with van der Waals surface area (Å²) in [5.74, 6) is -3.56. The van der Waals surface area contributed by atoms with E-state index >= 15 is 0 Å². The third-order valence-electron chi connectivity index (χ3n) is 1.20. The Morgan fingerprint density at radius 2 is 1.73 bits per heavy atom. The Morgan fingerprint density at radius 1 is 1.36 bits per heavy atom. The molecule has 0 aromatic rings. The highest BCUT2D eigenvalue weighted by molar-refractivity contribution is 5.86. The third-order valence-corrected chi connectivity index (χ3v) is 1.20. The summed E-state index contributed by atoms with van der Waals surface area (Å²) in [6.07, 6.45) is -2.32. The van der Waals surface area contributed by atoms with Gasteiger partial charge in [-0.15, -0.1) is 0 Å². The second-order valence-electron chi connectivity index (χ2n) is 2.19. The Labute approximate surface area is 61.7 Å². The lowest BCUT2D eigenvalue weighted by molar-refractivity contribution is -0.180. The van der Waals surface area contributed by atoms with Crippen molar-refractivity contribution in [1.82, 2.24) is 0 Å². The van der Waals surface area contributed by atoms with Crippen LogP contribution >= 0.6 is 0 Å². The van der Waals surface area contributed by atoms with Crippen molar-refractivity contribution in [3.63, 3.8) is 0 Å². The first-order valence-electron chi connectivity index (χ1n) is 2.66. The number of aliphatic hydroxyl groups excluding tert-OH is 1. The van der Waals surface area contributed by atoms with Crippen molar-refractivity contribution in [2.75, 3.05) is 0 Å². The van der Waals surface area contributed by atoms with Gasteiger partial charge in [0.2, 0.25) is 0 Å². The van der Waals surface area contributed by atoms with Crippen LogP contribution in [0.1, 0.15) is 6.92 Å². The molecule has 0 radical (unpaired) electrons. The summed E-state index contributed by atoms with van der Waals surface area (Å²) in [5, 5.41) is 33.7. The molecule has 4 N–H and O–H groups in total. The Kier molecular flexibility index (Phi) is 2.55. The molecule has 0 aliphatic heterocycles. The summed E-state index contributed by atoms with van der Waals surface area (Å²) in [6, 6.07) is 0. The number of carboxylic acid groups (broad SMARTS) is 2. The van der Waals surface area contributed by atoms with Crippen molar-refractivity contribution in [2.24, 2.45) is 0 Å². The molecule has 0 spiro atoms. The Bertz CT molecular complexity index is 183. The van der Waals surface area contributed by atoms with E-state index in [1.807, 2.05) is 0 Å². The Hall–Kier alpha value is -1.14. The van der Waals surface area contributed by atoms with Crippen molar-refractivity contribution >= 4 is 11.9 Å². The van der Waals surface area contributed by atoms with Crippen molar-refractivity contribution in [3.8, 4) is 0 Å². The zero-order valence-corrected chi connectivity index (χ0v) is 5.68. The first-order chi connectivity index (χ1) is 4.80. The van der Waals surface area contributed by atoms with Gasteiger partial charge in [-0.3, -0.25) is 0 Å². The predicted octanol–water partition coefficient (Wildman–Crippen LogP) is -1.73. The number of aliphatic carboxylic acids is 2. The molecule has 2 atom stereocenters. The number of aliphatic hydroxyl groups is 2. The van der Waals surface area contributed by atoms with Gasteiger partial charge < -0.3 is 20.4 Å². The average Bonchev–Trinajstić information content (AvgIpc) is 1.85. The Balaban J connectivity index is 4.55. The molecular formula is C5H8O6. The fourth-order valence-electron chi connectivity index (χ4n) is 0.357. The van der Waals surface area contributed by atoms with Gasteiger partial charge in [0, 0.05) is 0 Å². The minimum atomic E-state index is -2.65. The molecule has 11 heavy (non-hydrogen) atoms. The van der Waals surface area contributed by atoms with Gasteiger partial charge in [0.1, 0.15) is 0 Å². The van der Waals surface area contributed by atoms with Crippen LogP contribution in [-0.4, -0.2) is 44.1 Å². The predicted molar refractivity (Wildman–Crippen MR) is 31.9 cm³/mol. The molecule has 0 bridgehead atoms. The summed E-state index contributed by atoms with van der Waals surface area (Å²) >= 11 is 0. The number of carbonyl (C=O) groups is 2. The molecular weight excluding hydrogens is 156 g/mol. The topological polar surface area (TPSA) is 115 Å². The molecule has 0 saturated carbocycles. The van der Waals surface area contributed by atoms with Crippen LogP contribution in [0, 0.1) is 0 Å². The molecule has 0 aliphatic carbocycles. The smallest absolute Gasteiger partial charge is 0.338 e. The van der Waals surface area contributed by atoms with E-state index in [-0.39, 0.29) is 0 Å². The lowest BCUT2D eigenvalue weighted by Gasteiger charge is -2.20. The maximum Gasteiger partial charge on any atom is 0.338 e. The minimum absolute atomic E-state index is 0.703. The van der Waals surface area contributed by atoms with Gasteiger partial charge in [0.25, 0.3) is 0 Å². The summed E-state index contributed by atoms with van der Waals surface area (Å²) in [7, 11) is 0. The van der Waals surface area contributed by atoms with Crippen molar-refractivity contribution in [2.45, 2.75) is 18.6 Å². The lowest BCUT2D eigenvalue weighted by atomic mass is 10.00. The van der Waals surface area contributed by atoms with Gasteiger partial charge in [0.15, 0.2) is 11.7 Å². The van der Waals surface area contributed by atoms with Crippen LogP contribution in [0.2, 0.25) is 0 Å². The molecule has 2 unspecified atom stereocenters. The van der Waals surface area contributed by atoms with E-state index in [0.717, 1.165) is 0 Å². The fraction of sp³-hybridized carbons (Fsp3) is 0.600. The van der Waals surface area contributed by atoms with Gasteiger partial charge in [-0.25, -0.2) is 9.59 Å². The summed E-state index contributed by atoms with van der Waals surface area (Å²) in [5.41, 5.74) is -2.65. The molecule has 0 amide bonds. The molecule has 64 valence electrons. The molecule has 0 aliphatic rings. The average molecular weight is 164 g/mol. The van der Waals surface area contributed by atoms with Crippen molar-refractivity contribution in [3.05, 3.63) is 0 Å². The van der Waals surface area contributed by atoms with E-state index in [2.05, 4.69) is 0 Å². The zero-order chi connectivity index (χ0) is 9.23. The highest BCUT2D eigenvalue weighted by atomic mass is 16.4. The Morgan fingerprint density at radius 3 is 1.82 bits per heavy atom. The highest BCUT2D eigenvalue weighted by Crippen LogP contribution is 2.09. The van der Waals surface area contributed by atoms with Crippen LogP contribution in [0.3, 0.4) is 0 Å². The number of hydrogen-bond acceptors (Lipinski definition) is 4. The quantitative estimate of drug-likeness (QED) is 0.394. The van der Waals surface area contributed by atoms with Gasteiger partial charge in [-0.05, 0) is 6.92 Å². The third kappa shape index (κ3) is 1.89. The monoisotopic (exact) mass is 164 g/mol. The van der Waals surface area contributed by atoms with Crippen LogP contribution in [0.15, 0.2) is 0 Å². The fourth-order valence-corrected chi connectivity index (χ4v) is 0.357. The minimum Gasteiger partial charge on any atom is -0.479 e. The number of hydrogen-bond donors (Lipinski definition) is 4. The summed E-state index contributed by atoms with van der Waals surface area (Å²) < 4.78 is 0. The largest absolute Gasteiger partial charge is 0.479 e. The van der Waals surface area contributed by atoms with E-state index in [9.17, 15) is 9.59 Å². The second-order valence-corrected chi connectivity index (χ2v) is 2.19. The second kappa shape index (κ2) is 2.85. The molecule has 0 rings (SSSR count).